The molecule has 0 N–H and O–H groups in total. The fraction of sp³-hybridized carbons (Fsp3) is 0.545. The molecule has 0 aromatic heterocycles. The van der Waals surface area contributed by atoms with Gasteiger partial charge in [-0.15, -0.1) is 0 Å². The van der Waals surface area contributed by atoms with E-state index in [4.69, 9.17) is 17.9 Å². The van der Waals surface area contributed by atoms with E-state index in [2.05, 4.69) is 35.4 Å². The number of fused-ring (bicyclic) bond motifs is 2. The van der Waals surface area contributed by atoms with Crippen molar-refractivity contribution in [2.24, 2.45) is 11.8 Å². The second-order valence-corrected chi connectivity index (χ2v) is 13.8. The van der Waals surface area contributed by atoms with E-state index in [1.54, 1.807) is 6.92 Å². The van der Waals surface area contributed by atoms with Crippen LogP contribution in [0.1, 0.15) is 32.6 Å². The van der Waals surface area contributed by atoms with Gasteiger partial charge >= 0.3 is 11.6 Å². The molecule has 0 spiro atoms. The molecule has 0 saturated carbocycles. The van der Waals surface area contributed by atoms with Crippen molar-refractivity contribution < 1.29 is 14.3 Å². The summed E-state index contributed by atoms with van der Waals surface area (Å²) in [5.74, 6) is -0.515. The number of ether oxygens (including phenoxy) is 1. The molecule has 3 aliphatic rings. The quantitative estimate of drug-likeness (QED) is 0.306. The number of ketones is 1. The molecule has 5 nitrogen and oxygen atoms in total. The zero-order valence-electron chi connectivity index (χ0n) is 17.0. The molecule has 0 bridgehead atoms. The average molecular weight is 395 g/mol. The van der Waals surface area contributed by atoms with Crippen LogP contribution in [-0.4, -0.2) is 32.1 Å². The number of rotatable bonds is 3. The number of hydrogen-bond acceptors (Lipinski definition) is 3. The molecule has 0 unspecified atom stereocenters. The highest BCUT2D eigenvalue weighted by Crippen LogP contribution is 2.50. The van der Waals surface area contributed by atoms with Crippen molar-refractivity contribution >= 4 is 19.8 Å². The molecule has 3 rings (SSSR count). The van der Waals surface area contributed by atoms with Crippen molar-refractivity contribution in [1.82, 2.24) is 0 Å². The summed E-state index contributed by atoms with van der Waals surface area (Å²) in [5.41, 5.74) is 1.39. The number of Topliss-reactive ketones (excluding diaryl/α,β-unsaturated/α-hetero) is 1. The van der Waals surface area contributed by atoms with E-state index in [9.17, 15) is 9.59 Å². The third-order valence-electron chi connectivity index (χ3n) is 5.91. The summed E-state index contributed by atoms with van der Waals surface area (Å²) >= 11 is 0. The predicted molar refractivity (Wildman–Crippen MR) is 110 cm³/mol. The average Bonchev–Trinajstić information content (AvgIpc) is 2.87. The van der Waals surface area contributed by atoms with E-state index >= 15 is 0 Å². The summed E-state index contributed by atoms with van der Waals surface area (Å²) in [4.78, 5) is 32.7. The van der Waals surface area contributed by atoms with E-state index < -0.39 is 13.7 Å². The lowest BCUT2D eigenvalue weighted by Crippen LogP contribution is -2.33. The van der Waals surface area contributed by atoms with Crippen LogP contribution in [0.4, 0.5) is 0 Å². The molecule has 146 valence electrons. The van der Waals surface area contributed by atoms with Gasteiger partial charge in [0, 0.05) is 12.3 Å². The van der Waals surface area contributed by atoms with Crippen LogP contribution in [0.5, 0.6) is 0 Å². The largest absolute Gasteiger partial charge is 0.510 e. The second-order valence-electron chi connectivity index (χ2n) is 8.80. The highest BCUT2D eigenvalue weighted by molar-refractivity contribution is 6.87. The molecule has 2 atom stereocenters. The van der Waals surface area contributed by atoms with Crippen molar-refractivity contribution in [2.45, 2.75) is 57.9 Å². The standard InChI is InChI=1S/C22H26N2O3Si/c1-7-27-21(26)14-8-9-18-16(10-14)11-15-12-19(25)20(28(4,5)6)17(15)13-22(18,23-2)24-3/h9,11,14,16H,7-8,10,12-13H2,1,4-6H3/t14-,16-/m0/s1. The number of carbonyl (C=O) groups is 2. The third kappa shape index (κ3) is 3.27. The normalized spacial score (nSPS) is 26.1. The first kappa shape index (κ1) is 20.3. The number of esters is 1. The molecule has 3 aliphatic carbocycles. The minimum atomic E-state index is -1.91. The number of nitrogens with zero attached hydrogens (tertiary/aromatic N) is 2. The lowest BCUT2D eigenvalue weighted by atomic mass is 9.76. The van der Waals surface area contributed by atoms with Crippen LogP contribution in [0.25, 0.3) is 9.69 Å². The Kier molecular flexibility index (Phi) is 5.21. The fourth-order valence-corrected chi connectivity index (χ4v) is 6.85. The topological polar surface area (TPSA) is 52.1 Å². The molecular formula is C22H26N2O3Si. The second kappa shape index (κ2) is 7.18. The van der Waals surface area contributed by atoms with Crippen LogP contribution in [0.2, 0.25) is 19.6 Å². The van der Waals surface area contributed by atoms with Gasteiger partial charge in [0.15, 0.2) is 5.78 Å². The Labute approximate surface area is 167 Å². The Balaban J connectivity index is 2.14. The first-order valence-corrected chi connectivity index (χ1v) is 13.3. The van der Waals surface area contributed by atoms with E-state index in [-0.39, 0.29) is 30.0 Å². The van der Waals surface area contributed by atoms with Crippen molar-refractivity contribution in [2.75, 3.05) is 6.61 Å². The smallest absolute Gasteiger partial charge is 0.466 e. The van der Waals surface area contributed by atoms with Gasteiger partial charge in [0.1, 0.15) is 12.0 Å². The Morgan fingerprint density at radius 3 is 2.57 bits per heavy atom. The summed E-state index contributed by atoms with van der Waals surface area (Å²) in [6, 6.07) is 0. The Morgan fingerprint density at radius 2 is 2.00 bits per heavy atom. The van der Waals surface area contributed by atoms with Crippen LogP contribution in [-0.2, 0) is 14.3 Å². The molecule has 28 heavy (non-hydrogen) atoms. The van der Waals surface area contributed by atoms with Crippen molar-refractivity contribution in [3.8, 4) is 0 Å². The van der Waals surface area contributed by atoms with Gasteiger partial charge < -0.3 is 4.74 Å². The number of allylic oxidation sites excluding steroid dienone is 4. The highest BCUT2D eigenvalue weighted by atomic mass is 28.3. The summed E-state index contributed by atoms with van der Waals surface area (Å²) in [6.07, 6.45) is 5.65. The van der Waals surface area contributed by atoms with Crippen LogP contribution in [0, 0.1) is 25.0 Å². The molecule has 0 radical (unpaired) electrons. The molecular weight excluding hydrogens is 368 g/mol. The van der Waals surface area contributed by atoms with Crippen molar-refractivity contribution in [3.63, 3.8) is 0 Å². The molecule has 6 heteroatoms. The zero-order valence-corrected chi connectivity index (χ0v) is 18.0. The lowest BCUT2D eigenvalue weighted by Gasteiger charge is -2.27. The van der Waals surface area contributed by atoms with Gasteiger partial charge in [0.25, 0.3) is 0 Å². The number of carbonyl (C=O) groups excluding carboxylic acids is 2. The molecule has 0 heterocycles. The van der Waals surface area contributed by atoms with E-state index in [1.807, 2.05) is 6.08 Å². The minimum Gasteiger partial charge on any atom is -0.466 e. The monoisotopic (exact) mass is 394 g/mol. The van der Waals surface area contributed by atoms with Crippen LogP contribution in [0.15, 0.2) is 34.1 Å². The van der Waals surface area contributed by atoms with Crippen LogP contribution < -0.4 is 0 Å². The van der Waals surface area contributed by atoms with Gasteiger partial charge in [-0.05, 0) is 36.1 Å². The van der Waals surface area contributed by atoms with E-state index in [1.165, 1.54) is 0 Å². The highest BCUT2D eigenvalue weighted by Gasteiger charge is 2.57. The first-order chi connectivity index (χ1) is 13.2. The van der Waals surface area contributed by atoms with Crippen LogP contribution in [0.3, 0.4) is 0 Å². The van der Waals surface area contributed by atoms with E-state index in [0.717, 1.165) is 21.9 Å². The van der Waals surface area contributed by atoms with Gasteiger partial charge in [0.2, 0.25) is 0 Å². The molecule has 0 amide bonds. The van der Waals surface area contributed by atoms with Crippen molar-refractivity contribution in [1.29, 1.82) is 0 Å². The summed E-state index contributed by atoms with van der Waals surface area (Å²) in [6.45, 7) is 24.2. The molecule has 0 aromatic rings. The predicted octanol–water partition coefficient (Wildman–Crippen LogP) is 4.51. The molecule has 0 fully saturated rings. The van der Waals surface area contributed by atoms with Gasteiger partial charge in [-0.3, -0.25) is 9.59 Å². The van der Waals surface area contributed by atoms with Gasteiger partial charge in [-0.25, -0.2) is 22.8 Å². The lowest BCUT2D eigenvalue weighted by molar-refractivity contribution is -0.148. The summed E-state index contributed by atoms with van der Waals surface area (Å²) < 4.78 is 5.19. The third-order valence-corrected chi connectivity index (χ3v) is 7.99. The number of hydrogen-bond donors (Lipinski definition) is 0. The van der Waals surface area contributed by atoms with E-state index in [0.29, 0.717) is 25.9 Å². The van der Waals surface area contributed by atoms with Crippen molar-refractivity contribution in [3.05, 3.63) is 56.9 Å². The zero-order chi connectivity index (χ0) is 20.7. The van der Waals surface area contributed by atoms with Gasteiger partial charge in [-0.1, -0.05) is 31.8 Å². The van der Waals surface area contributed by atoms with Gasteiger partial charge in [-0.2, -0.15) is 0 Å². The maximum Gasteiger partial charge on any atom is 0.510 e. The fourth-order valence-electron chi connectivity index (χ4n) is 4.77. The van der Waals surface area contributed by atoms with Crippen LogP contribution >= 0.6 is 0 Å². The van der Waals surface area contributed by atoms with Gasteiger partial charge in [0.05, 0.1) is 20.6 Å². The maximum absolute atomic E-state index is 12.8. The SMILES string of the molecule is [C-]#[N+]C1([N+]#[C-])CC2=C([Si](C)(C)C)C(=O)CC2=C[C@@H]2C[C@@H](C(=O)OCC)CC=C21. The molecule has 0 aliphatic heterocycles. The molecule has 0 saturated heterocycles. The molecule has 0 aromatic carbocycles. The maximum atomic E-state index is 12.8. The summed E-state index contributed by atoms with van der Waals surface area (Å²) in [5, 5.41) is 0.886. The Morgan fingerprint density at radius 1 is 1.32 bits per heavy atom. The Bertz CT molecular complexity index is 892. The first-order valence-electron chi connectivity index (χ1n) is 9.79. The minimum absolute atomic E-state index is 0.148. The summed E-state index contributed by atoms with van der Waals surface area (Å²) in [7, 11) is -1.91. The Hall–Kier alpha value is -2.44.